The van der Waals surface area contributed by atoms with E-state index in [2.05, 4.69) is 12.2 Å². The van der Waals surface area contributed by atoms with Crippen molar-refractivity contribution in [3.63, 3.8) is 0 Å². The standard InChI is InChI=1S/C13H14Cl2O/c14-10-6-7-11(12(15)8-10)13(16)9-4-2-1-3-5-9/h2,4,6-9,13,16H,1,3,5H2/t9-,13-/m0/s1. The third-order valence-corrected chi connectivity index (χ3v) is 3.54. The van der Waals surface area contributed by atoms with Gasteiger partial charge in [-0.05, 0) is 37.0 Å². The van der Waals surface area contributed by atoms with Crippen LogP contribution in [0.25, 0.3) is 0 Å². The van der Waals surface area contributed by atoms with Gasteiger partial charge in [0.2, 0.25) is 0 Å². The monoisotopic (exact) mass is 256 g/mol. The molecule has 0 fully saturated rings. The minimum absolute atomic E-state index is 0.174. The van der Waals surface area contributed by atoms with Crippen LogP contribution in [0.15, 0.2) is 30.4 Å². The molecule has 0 heterocycles. The highest BCUT2D eigenvalue weighted by Crippen LogP contribution is 2.34. The van der Waals surface area contributed by atoms with Crippen LogP contribution in [0, 0.1) is 5.92 Å². The fraction of sp³-hybridized carbons (Fsp3) is 0.385. The van der Waals surface area contributed by atoms with E-state index >= 15 is 0 Å². The molecule has 0 aromatic heterocycles. The summed E-state index contributed by atoms with van der Waals surface area (Å²) in [6.07, 6.45) is 6.93. The van der Waals surface area contributed by atoms with E-state index in [0.717, 1.165) is 24.8 Å². The molecule has 1 aromatic carbocycles. The maximum absolute atomic E-state index is 10.2. The van der Waals surface area contributed by atoms with E-state index in [1.54, 1.807) is 18.2 Å². The largest absolute Gasteiger partial charge is 0.388 e. The van der Waals surface area contributed by atoms with Gasteiger partial charge < -0.3 is 5.11 Å². The zero-order chi connectivity index (χ0) is 11.5. The van der Waals surface area contributed by atoms with Gasteiger partial charge in [-0.3, -0.25) is 0 Å². The number of hydrogen-bond donors (Lipinski definition) is 1. The van der Waals surface area contributed by atoms with Crippen molar-refractivity contribution in [1.82, 2.24) is 0 Å². The maximum atomic E-state index is 10.2. The van der Waals surface area contributed by atoms with E-state index < -0.39 is 6.10 Å². The van der Waals surface area contributed by atoms with Crippen molar-refractivity contribution in [3.8, 4) is 0 Å². The van der Waals surface area contributed by atoms with Crippen molar-refractivity contribution < 1.29 is 5.11 Å². The quantitative estimate of drug-likeness (QED) is 0.779. The molecule has 0 saturated heterocycles. The number of hydrogen-bond acceptors (Lipinski definition) is 1. The van der Waals surface area contributed by atoms with Crippen LogP contribution in [0.4, 0.5) is 0 Å². The number of aliphatic hydroxyl groups is 1. The number of rotatable bonds is 2. The van der Waals surface area contributed by atoms with E-state index in [-0.39, 0.29) is 5.92 Å². The summed E-state index contributed by atoms with van der Waals surface area (Å²) in [5.41, 5.74) is 0.766. The van der Waals surface area contributed by atoms with Crippen LogP contribution in [0.5, 0.6) is 0 Å². The molecule has 0 spiro atoms. The van der Waals surface area contributed by atoms with Gasteiger partial charge in [0, 0.05) is 16.0 Å². The number of aliphatic hydroxyl groups excluding tert-OH is 1. The van der Waals surface area contributed by atoms with Gasteiger partial charge in [-0.25, -0.2) is 0 Å². The van der Waals surface area contributed by atoms with E-state index in [9.17, 15) is 5.11 Å². The molecule has 1 N–H and O–H groups in total. The van der Waals surface area contributed by atoms with Crippen molar-refractivity contribution >= 4 is 23.2 Å². The second kappa shape index (κ2) is 5.22. The van der Waals surface area contributed by atoms with Crippen molar-refractivity contribution in [3.05, 3.63) is 46.0 Å². The molecule has 0 saturated carbocycles. The van der Waals surface area contributed by atoms with Crippen LogP contribution in [0.1, 0.15) is 30.9 Å². The summed E-state index contributed by atoms with van der Waals surface area (Å²) in [5.74, 6) is 0.174. The SMILES string of the molecule is O[C@H](c1ccc(Cl)cc1Cl)[C@H]1C=CCCC1. The van der Waals surface area contributed by atoms with E-state index in [1.807, 2.05) is 0 Å². The van der Waals surface area contributed by atoms with Crippen molar-refractivity contribution in [1.29, 1.82) is 0 Å². The first-order valence-corrected chi connectivity index (χ1v) is 6.24. The fourth-order valence-corrected chi connectivity index (χ4v) is 2.59. The fourth-order valence-electron chi connectivity index (χ4n) is 2.07. The van der Waals surface area contributed by atoms with Gasteiger partial charge in [-0.15, -0.1) is 0 Å². The van der Waals surface area contributed by atoms with Crippen molar-refractivity contribution in [2.24, 2.45) is 5.92 Å². The summed E-state index contributed by atoms with van der Waals surface area (Å²) in [6.45, 7) is 0. The zero-order valence-electron chi connectivity index (χ0n) is 8.87. The van der Waals surface area contributed by atoms with Gasteiger partial charge in [-0.1, -0.05) is 41.4 Å². The third-order valence-electron chi connectivity index (χ3n) is 2.98. The molecule has 0 amide bonds. The number of benzene rings is 1. The Morgan fingerprint density at radius 2 is 2.12 bits per heavy atom. The number of allylic oxidation sites excluding steroid dienone is 1. The minimum Gasteiger partial charge on any atom is -0.388 e. The molecule has 2 atom stereocenters. The molecule has 16 heavy (non-hydrogen) atoms. The predicted octanol–water partition coefficient (Wildman–Crippen LogP) is 4.38. The van der Waals surface area contributed by atoms with Crippen molar-refractivity contribution in [2.45, 2.75) is 25.4 Å². The Labute approximate surface area is 106 Å². The lowest BCUT2D eigenvalue weighted by Crippen LogP contribution is -2.12. The first-order valence-electron chi connectivity index (χ1n) is 5.48. The molecule has 1 aromatic rings. The lowest BCUT2D eigenvalue weighted by Gasteiger charge is -2.23. The van der Waals surface area contributed by atoms with E-state index in [4.69, 9.17) is 23.2 Å². The number of halogens is 2. The normalized spacial score (nSPS) is 22.1. The first-order chi connectivity index (χ1) is 7.68. The average Bonchev–Trinajstić information content (AvgIpc) is 2.29. The van der Waals surface area contributed by atoms with Gasteiger partial charge in [-0.2, -0.15) is 0 Å². The Hall–Kier alpha value is -0.500. The first kappa shape index (κ1) is 12.0. The Morgan fingerprint density at radius 3 is 2.75 bits per heavy atom. The highest BCUT2D eigenvalue weighted by molar-refractivity contribution is 6.35. The summed E-state index contributed by atoms with van der Waals surface area (Å²) in [7, 11) is 0. The molecule has 0 unspecified atom stereocenters. The molecule has 1 nitrogen and oxygen atoms in total. The smallest absolute Gasteiger partial charge is 0.0866 e. The molecule has 0 radical (unpaired) electrons. The summed E-state index contributed by atoms with van der Waals surface area (Å²) in [5, 5.41) is 11.4. The molecular weight excluding hydrogens is 243 g/mol. The molecule has 86 valence electrons. The molecule has 3 heteroatoms. The Balaban J connectivity index is 2.22. The predicted molar refractivity (Wildman–Crippen MR) is 67.9 cm³/mol. The molecular formula is C13H14Cl2O. The van der Waals surface area contributed by atoms with Crippen LogP contribution < -0.4 is 0 Å². The van der Waals surface area contributed by atoms with Crippen LogP contribution in [-0.4, -0.2) is 5.11 Å². The van der Waals surface area contributed by atoms with Crippen molar-refractivity contribution in [2.75, 3.05) is 0 Å². The Morgan fingerprint density at radius 1 is 1.31 bits per heavy atom. The van der Waals surface area contributed by atoms with Gasteiger partial charge >= 0.3 is 0 Å². The summed E-state index contributed by atoms with van der Waals surface area (Å²) < 4.78 is 0. The van der Waals surface area contributed by atoms with Gasteiger partial charge in [0.1, 0.15) is 0 Å². The zero-order valence-corrected chi connectivity index (χ0v) is 10.4. The topological polar surface area (TPSA) is 20.2 Å². The third kappa shape index (κ3) is 2.60. The Bertz CT molecular complexity index is 401. The molecule has 0 bridgehead atoms. The maximum Gasteiger partial charge on any atom is 0.0866 e. The Kier molecular flexibility index (Phi) is 3.91. The summed E-state index contributed by atoms with van der Waals surface area (Å²) in [6, 6.07) is 5.24. The van der Waals surface area contributed by atoms with Gasteiger partial charge in [0.05, 0.1) is 6.10 Å². The van der Waals surface area contributed by atoms with E-state index in [1.165, 1.54) is 0 Å². The highest BCUT2D eigenvalue weighted by Gasteiger charge is 2.21. The summed E-state index contributed by atoms with van der Waals surface area (Å²) >= 11 is 11.9. The van der Waals surface area contributed by atoms with Crippen LogP contribution in [0.3, 0.4) is 0 Å². The lowest BCUT2D eigenvalue weighted by atomic mass is 9.87. The molecule has 1 aliphatic carbocycles. The second-order valence-corrected chi connectivity index (χ2v) is 4.98. The lowest BCUT2D eigenvalue weighted by molar-refractivity contribution is 0.123. The van der Waals surface area contributed by atoms with Gasteiger partial charge in [0.15, 0.2) is 0 Å². The molecule has 0 aliphatic heterocycles. The highest BCUT2D eigenvalue weighted by atomic mass is 35.5. The van der Waals surface area contributed by atoms with E-state index in [0.29, 0.717) is 10.0 Å². The molecule has 2 rings (SSSR count). The summed E-state index contributed by atoms with van der Waals surface area (Å²) in [4.78, 5) is 0. The molecule has 1 aliphatic rings. The van der Waals surface area contributed by atoms with Gasteiger partial charge in [0.25, 0.3) is 0 Å². The van der Waals surface area contributed by atoms with Crippen LogP contribution in [-0.2, 0) is 0 Å². The van der Waals surface area contributed by atoms with Crippen LogP contribution in [0.2, 0.25) is 10.0 Å². The average molecular weight is 257 g/mol. The second-order valence-electron chi connectivity index (χ2n) is 4.13. The minimum atomic E-state index is -0.527. The van der Waals surface area contributed by atoms with Crippen LogP contribution >= 0.6 is 23.2 Å².